The number of carbonyl (C=O) groups is 2. The lowest BCUT2D eigenvalue weighted by atomic mass is 10.1. The molecule has 1 unspecified atom stereocenters. The third kappa shape index (κ3) is 3.62. The van der Waals surface area contributed by atoms with E-state index in [2.05, 4.69) is 15.5 Å². The van der Waals surface area contributed by atoms with Crippen molar-refractivity contribution in [3.05, 3.63) is 40.3 Å². The van der Waals surface area contributed by atoms with Crippen molar-refractivity contribution >= 4 is 28.8 Å². The Bertz CT molecular complexity index is 716. The molecule has 2 heterocycles. The quantitative estimate of drug-likeness (QED) is 0.811. The van der Waals surface area contributed by atoms with E-state index in [-0.39, 0.29) is 11.8 Å². The molecule has 1 aliphatic rings. The molecule has 1 fully saturated rings. The molecule has 1 aromatic carbocycles. The Hall–Kier alpha value is -2.28. The minimum Gasteiger partial charge on any atom is -0.355 e. The van der Waals surface area contributed by atoms with E-state index in [1.807, 2.05) is 37.3 Å². The minimum atomic E-state index is -0.592. The van der Waals surface area contributed by atoms with Crippen LogP contribution in [0, 0.1) is 5.92 Å². The van der Waals surface area contributed by atoms with Crippen LogP contribution in [0.2, 0.25) is 0 Å². The van der Waals surface area contributed by atoms with Crippen molar-refractivity contribution < 1.29 is 9.59 Å². The lowest BCUT2D eigenvalue weighted by Crippen LogP contribution is -2.37. The van der Waals surface area contributed by atoms with Crippen molar-refractivity contribution in [1.82, 2.24) is 15.5 Å². The molecule has 6 nitrogen and oxygen atoms in total. The van der Waals surface area contributed by atoms with Crippen LogP contribution in [-0.4, -0.2) is 35.1 Å². The van der Waals surface area contributed by atoms with Gasteiger partial charge < -0.3 is 10.2 Å². The van der Waals surface area contributed by atoms with Gasteiger partial charge in [0.25, 0.3) is 0 Å². The largest absolute Gasteiger partial charge is 0.355 e. The zero-order valence-corrected chi connectivity index (χ0v) is 14.4. The summed E-state index contributed by atoms with van der Waals surface area (Å²) < 4.78 is 0. The molecule has 0 bridgehead atoms. The first-order chi connectivity index (χ1) is 11.7. The van der Waals surface area contributed by atoms with E-state index in [1.54, 1.807) is 16.2 Å². The molecule has 3 rings (SSSR count). The molecule has 2 aromatic rings. The van der Waals surface area contributed by atoms with Gasteiger partial charge in [0, 0.05) is 25.2 Å². The Morgan fingerprint density at radius 3 is 2.75 bits per heavy atom. The van der Waals surface area contributed by atoms with Crippen LogP contribution in [0.4, 0.5) is 5.69 Å². The Morgan fingerprint density at radius 1 is 1.29 bits per heavy atom. The predicted molar refractivity (Wildman–Crippen MR) is 92.9 cm³/mol. The maximum atomic E-state index is 12.5. The van der Waals surface area contributed by atoms with Crippen molar-refractivity contribution in [3.8, 4) is 0 Å². The number of benzene rings is 1. The zero-order chi connectivity index (χ0) is 16.9. The van der Waals surface area contributed by atoms with Crippen LogP contribution in [-0.2, 0) is 22.4 Å². The molecule has 0 saturated carbocycles. The first kappa shape index (κ1) is 16.6. The molecule has 0 aliphatic carbocycles. The smallest absolute Gasteiger partial charge is 0.239 e. The summed E-state index contributed by atoms with van der Waals surface area (Å²) in [6, 6.07) is 9.47. The second-order valence-electron chi connectivity index (χ2n) is 5.65. The van der Waals surface area contributed by atoms with E-state index < -0.39 is 5.92 Å². The summed E-state index contributed by atoms with van der Waals surface area (Å²) in [5.74, 6) is -0.910. The molecule has 2 amide bonds. The highest BCUT2D eigenvalue weighted by atomic mass is 32.1. The van der Waals surface area contributed by atoms with Crippen molar-refractivity contribution in [1.29, 1.82) is 0 Å². The molecule has 1 aliphatic heterocycles. The number of hydrogen-bond acceptors (Lipinski definition) is 5. The second-order valence-corrected chi connectivity index (χ2v) is 6.80. The Labute approximate surface area is 144 Å². The first-order valence-corrected chi connectivity index (χ1v) is 8.96. The molecular formula is C17H20N4O2S. The van der Waals surface area contributed by atoms with Gasteiger partial charge in [-0.25, -0.2) is 0 Å². The van der Waals surface area contributed by atoms with Crippen LogP contribution in [0.1, 0.15) is 23.4 Å². The van der Waals surface area contributed by atoms with Gasteiger partial charge in [-0.3, -0.25) is 9.59 Å². The Morgan fingerprint density at radius 2 is 2.04 bits per heavy atom. The topological polar surface area (TPSA) is 75.2 Å². The fourth-order valence-corrected chi connectivity index (χ4v) is 3.52. The fraction of sp³-hybridized carbons (Fsp3) is 0.412. The number of anilines is 1. The molecule has 126 valence electrons. The molecule has 1 aromatic heterocycles. The third-order valence-electron chi connectivity index (χ3n) is 4.04. The average Bonchev–Trinajstić information content (AvgIpc) is 3.22. The van der Waals surface area contributed by atoms with Crippen LogP contribution < -0.4 is 10.2 Å². The van der Waals surface area contributed by atoms with Crippen LogP contribution >= 0.6 is 11.3 Å². The standard InChI is InChI=1S/C17H20N4O2S/c1-2-14-19-20-15(24-14)8-10-18-16(22)13-9-11-21(17(13)23)12-6-4-3-5-7-12/h3-7,13H,2,8-11H2,1H3,(H,18,22). The van der Waals surface area contributed by atoms with Gasteiger partial charge >= 0.3 is 0 Å². The number of amides is 2. The summed E-state index contributed by atoms with van der Waals surface area (Å²) in [4.78, 5) is 26.4. The normalized spacial score (nSPS) is 17.3. The minimum absolute atomic E-state index is 0.122. The van der Waals surface area contributed by atoms with E-state index in [0.29, 0.717) is 25.9 Å². The maximum absolute atomic E-state index is 12.5. The summed E-state index contributed by atoms with van der Waals surface area (Å²) in [5.41, 5.74) is 0.846. The van der Waals surface area contributed by atoms with Gasteiger partial charge in [-0.05, 0) is 25.0 Å². The van der Waals surface area contributed by atoms with Gasteiger partial charge in [0.1, 0.15) is 15.9 Å². The number of rotatable bonds is 6. The van der Waals surface area contributed by atoms with E-state index >= 15 is 0 Å². The first-order valence-electron chi connectivity index (χ1n) is 8.14. The number of carbonyl (C=O) groups excluding carboxylic acids is 2. The van der Waals surface area contributed by atoms with E-state index in [1.165, 1.54) is 0 Å². The van der Waals surface area contributed by atoms with Crippen LogP contribution in [0.3, 0.4) is 0 Å². The van der Waals surface area contributed by atoms with Crippen molar-refractivity contribution in [2.75, 3.05) is 18.0 Å². The average molecular weight is 344 g/mol. The monoisotopic (exact) mass is 344 g/mol. The summed E-state index contributed by atoms with van der Waals surface area (Å²) in [6.45, 7) is 3.10. The molecule has 1 atom stereocenters. The summed E-state index contributed by atoms with van der Waals surface area (Å²) >= 11 is 1.57. The number of nitrogens with zero attached hydrogens (tertiary/aromatic N) is 3. The van der Waals surface area contributed by atoms with Crippen LogP contribution in [0.25, 0.3) is 0 Å². The number of aryl methyl sites for hydroxylation is 1. The molecule has 1 saturated heterocycles. The Kier molecular flexibility index (Phi) is 5.20. The highest BCUT2D eigenvalue weighted by Gasteiger charge is 2.37. The SMILES string of the molecule is CCc1nnc(CCNC(=O)C2CCN(c3ccccc3)C2=O)s1. The molecule has 7 heteroatoms. The number of hydrogen-bond donors (Lipinski definition) is 1. The van der Waals surface area contributed by atoms with Crippen LogP contribution in [0.15, 0.2) is 30.3 Å². The number of aromatic nitrogens is 2. The van der Waals surface area contributed by atoms with Gasteiger partial charge in [-0.1, -0.05) is 25.1 Å². The summed E-state index contributed by atoms with van der Waals surface area (Å²) in [5, 5.41) is 12.9. The molecule has 24 heavy (non-hydrogen) atoms. The highest BCUT2D eigenvalue weighted by Crippen LogP contribution is 2.25. The zero-order valence-electron chi connectivity index (χ0n) is 13.6. The molecule has 0 radical (unpaired) electrons. The number of nitrogens with one attached hydrogen (secondary N) is 1. The van der Waals surface area contributed by atoms with Gasteiger partial charge in [0.2, 0.25) is 11.8 Å². The van der Waals surface area contributed by atoms with Crippen molar-refractivity contribution in [2.45, 2.75) is 26.2 Å². The van der Waals surface area contributed by atoms with Gasteiger partial charge in [-0.2, -0.15) is 0 Å². The second kappa shape index (κ2) is 7.53. The number of para-hydroxylation sites is 1. The van der Waals surface area contributed by atoms with E-state index in [9.17, 15) is 9.59 Å². The lowest BCUT2D eigenvalue weighted by molar-refractivity contribution is -0.132. The van der Waals surface area contributed by atoms with Crippen molar-refractivity contribution in [2.24, 2.45) is 5.92 Å². The maximum Gasteiger partial charge on any atom is 0.239 e. The summed E-state index contributed by atoms with van der Waals surface area (Å²) in [7, 11) is 0. The van der Waals surface area contributed by atoms with Gasteiger partial charge in [0.15, 0.2) is 0 Å². The molecule has 1 N–H and O–H groups in total. The van der Waals surface area contributed by atoms with E-state index in [0.717, 1.165) is 22.1 Å². The van der Waals surface area contributed by atoms with Gasteiger partial charge in [-0.15, -0.1) is 21.5 Å². The Balaban J connectivity index is 1.51. The molecule has 0 spiro atoms. The fourth-order valence-electron chi connectivity index (χ4n) is 2.74. The summed E-state index contributed by atoms with van der Waals surface area (Å²) in [6.07, 6.45) is 2.07. The third-order valence-corrected chi connectivity index (χ3v) is 5.17. The predicted octanol–water partition coefficient (Wildman–Crippen LogP) is 1.81. The lowest BCUT2D eigenvalue weighted by Gasteiger charge is -2.16. The van der Waals surface area contributed by atoms with Crippen molar-refractivity contribution in [3.63, 3.8) is 0 Å². The highest BCUT2D eigenvalue weighted by molar-refractivity contribution is 7.11. The van der Waals surface area contributed by atoms with E-state index in [4.69, 9.17) is 0 Å². The van der Waals surface area contributed by atoms with Gasteiger partial charge in [0.05, 0.1) is 0 Å². The van der Waals surface area contributed by atoms with Crippen LogP contribution in [0.5, 0.6) is 0 Å². The molecular weight excluding hydrogens is 324 g/mol.